The van der Waals surface area contributed by atoms with E-state index in [0.29, 0.717) is 5.69 Å². The van der Waals surface area contributed by atoms with Crippen LogP contribution in [0, 0.1) is 0 Å². The number of aryl methyl sites for hydroxylation is 1. The molecule has 1 aromatic rings. The van der Waals surface area contributed by atoms with Crippen LogP contribution in [0.4, 0.5) is 0 Å². The van der Waals surface area contributed by atoms with Gasteiger partial charge in [-0.15, -0.1) is 0 Å². The van der Waals surface area contributed by atoms with Gasteiger partial charge in [0.1, 0.15) is 5.69 Å². The van der Waals surface area contributed by atoms with Gasteiger partial charge in [-0.05, 0) is 37.9 Å². The van der Waals surface area contributed by atoms with Crippen molar-refractivity contribution in [1.29, 1.82) is 0 Å². The summed E-state index contributed by atoms with van der Waals surface area (Å²) in [6.45, 7) is 3.62. The van der Waals surface area contributed by atoms with Gasteiger partial charge >= 0.3 is 0 Å². The third kappa shape index (κ3) is 2.47. The molecule has 1 atom stereocenters. The Bertz CT molecular complexity index is 489. The van der Waals surface area contributed by atoms with E-state index in [1.54, 1.807) is 0 Å². The number of rotatable bonds is 2. The minimum atomic E-state index is 0.101. The molecule has 0 aromatic carbocycles. The van der Waals surface area contributed by atoms with Gasteiger partial charge < -0.3 is 19.9 Å². The van der Waals surface area contributed by atoms with Gasteiger partial charge in [-0.2, -0.15) is 0 Å². The minimum Gasteiger partial charge on any atom is -0.396 e. The van der Waals surface area contributed by atoms with Crippen LogP contribution in [0.1, 0.15) is 40.5 Å². The van der Waals surface area contributed by atoms with E-state index in [1.807, 2.05) is 11.0 Å². The second-order valence-corrected chi connectivity index (χ2v) is 5.99. The van der Waals surface area contributed by atoms with Gasteiger partial charge in [0, 0.05) is 37.8 Å². The number of carbonyl (C=O) groups excluding carboxylic acids is 1. The van der Waals surface area contributed by atoms with Crippen LogP contribution in [0.25, 0.3) is 0 Å². The average Bonchev–Trinajstić information content (AvgIpc) is 2.91. The Labute approximate surface area is 119 Å². The predicted octanol–water partition coefficient (Wildman–Crippen LogP) is 0.814. The highest BCUT2D eigenvalue weighted by Crippen LogP contribution is 2.31. The molecule has 0 saturated carbocycles. The largest absolute Gasteiger partial charge is 0.396 e. The summed E-state index contributed by atoms with van der Waals surface area (Å²) in [5.74, 6) is 0.275. The van der Waals surface area contributed by atoms with Crippen molar-refractivity contribution < 1.29 is 9.90 Å². The van der Waals surface area contributed by atoms with Crippen molar-refractivity contribution in [2.75, 3.05) is 39.8 Å². The standard InChI is InChI=1S/C15H23N3O2/c1-17-5-7-18(8-6-17)15(20)13-9-11-3-2-4-12(10-19)14(11)16-13/h9,12,16,19H,2-8,10H2,1H3. The first kappa shape index (κ1) is 13.6. The van der Waals surface area contributed by atoms with E-state index in [-0.39, 0.29) is 18.4 Å². The van der Waals surface area contributed by atoms with E-state index >= 15 is 0 Å². The lowest BCUT2D eigenvalue weighted by atomic mass is 9.89. The number of aliphatic hydroxyl groups excluding tert-OH is 1. The number of carbonyl (C=O) groups is 1. The van der Waals surface area contributed by atoms with E-state index in [2.05, 4.69) is 16.9 Å². The molecule has 1 aromatic heterocycles. The number of nitrogens with zero attached hydrogens (tertiary/aromatic N) is 2. The molecule has 0 spiro atoms. The number of likely N-dealkylation sites (N-methyl/N-ethyl adjacent to an activating group) is 1. The van der Waals surface area contributed by atoms with Crippen molar-refractivity contribution in [2.45, 2.75) is 25.2 Å². The summed E-state index contributed by atoms with van der Waals surface area (Å²) in [4.78, 5) is 20.0. The molecule has 2 N–H and O–H groups in total. The summed E-state index contributed by atoms with van der Waals surface area (Å²) in [6, 6.07) is 2.00. The van der Waals surface area contributed by atoms with Crippen molar-refractivity contribution >= 4 is 5.91 Å². The minimum absolute atomic E-state index is 0.101. The Morgan fingerprint density at radius 3 is 2.85 bits per heavy atom. The number of hydrogen-bond donors (Lipinski definition) is 2. The second kappa shape index (κ2) is 5.58. The lowest BCUT2D eigenvalue weighted by Gasteiger charge is -2.32. The summed E-state index contributed by atoms with van der Waals surface area (Å²) in [6.07, 6.45) is 3.11. The molecule has 110 valence electrons. The zero-order valence-electron chi connectivity index (χ0n) is 12.1. The maximum atomic E-state index is 12.5. The van der Waals surface area contributed by atoms with Crippen molar-refractivity contribution in [3.05, 3.63) is 23.0 Å². The number of hydrogen-bond acceptors (Lipinski definition) is 3. The Hall–Kier alpha value is -1.33. The van der Waals surface area contributed by atoms with Crippen LogP contribution in [0.15, 0.2) is 6.07 Å². The number of amides is 1. The molecule has 2 aliphatic rings. The van der Waals surface area contributed by atoms with Crippen LogP contribution in [-0.2, 0) is 6.42 Å². The average molecular weight is 277 g/mol. The van der Waals surface area contributed by atoms with Crippen molar-refractivity contribution in [1.82, 2.24) is 14.8 Å². The Balaban J connectivity index is 1.77. The number of aromatic amines is 1. The molecule has 20 heavy (non-hydrogen) atoms. The quantitative estimate of drug-likeness (QED) is 0.841. The molecule has 1 aliphatic carbocycles. The first-order valence-electron chi connectivity index (χ1n) is 7.49. The van der Waals surface area contributed by atoms with E-state index in [9.17, 15) is 9.90 Å². The van der Waals surface area contributed by atoms with Crippen molar-refractivity contribution in [3.63, 3.8) is 0 Å². The number of piperazine rings is 1. The van der Waals surface area contributed by atoms with Gasteiger partial charge in [0.25, 0.3) is 5.91 Å². The van der Waals surface area contributed by atoms with Gasteiger partial charge in [-0.1, -0.05) is 0 Å². The van der Waals surface area contributed by atoms with Gasteiger partial charge in [0.05, 0.1) is 6.61 Å². The van der Waals surface area contributed by atoms with Crippen molar-refractivity contribution in [3.8, 4) is 0 Å². The molecule has 1 aliphatic heterocycles. The summed E-state index contributed by atoms with van der Waals surface area (Å²) in [5, 5.41) is 9.44. The molecule has 0 radical (unpaired) electrons. The molecular weight excluding hydrogens is 254 g/mol. The summed E-state index contributed by atoms with van der Waals surface area (Å²) >= 11 is 0. The molecule has 1 amide bonds. The highest BCUT2D eigenvalue weighted by molar-refractivity contribution is 5.93. The first-order valence-corrected chi connectivity index (χ1v) is 7.49. The fourth-order valence-electron chi connectivity index (χ4n) is 3.25. The van der Waals surface area contributed by atoms with Crippen molar-refractivity contribution in [2.24, 2.45) is 0 Å². The molecule has 5 nitrogen and oxygen atoms in total. The maximum absolute atomic E-state index is 12.5. The lowest BCUT2D eigenvalue weighted by molar-refractivity contribution is 0.0658. The summed E-state index contributed by atoms with van der Waals surface area (Å²) < 4.78 is 0. The van der Waals surface area contributed by atoms with Gasteiger partial charge in [0.15, 0.2) is 0 Å². The van der Waals surface area contributed by atoms with Gasteiger partial charge in [0.2, 0.25) is 0 Å². The third-order valence-electron chi connectivity index (χ3n) is 4.58. The monoisotopic (exact) mass is 277 g/mol. The zero-order chi connectivity index (χ0) is 14.1. The fraction of sp³-hybridized carbons (Fsp3) is 0.667. The fourth-order valence-corrected chi connectivity index (χ4v) is 3.25. The van der Waals surface area contributed by atoms with E-state index in [0.717, 1.165) is 51.1 Å². The van der Waals surface area contributed by atoms with E-state index in [4.69, 9.17) is 0 Å². The van der Waals surface area contributed by atoms with Crippen LogP contribution in [-0.4, -0.2) is 65.6 Å². The van der Waals surface area contributed by atoms with Gasteiger partial charge in [-0.3, -0.25) is 4.79 Å². The first-order chi connectivity index (χ1) is 9.69. The Kier molecular flexibility index (Phi) is 3.81. The van der Waals surface area contributed by atoms with Crippen LogP contribution in [0.3, 0.4) is 0 Å². The molecule has 2 heterocycles. The zero-order valence-corrected chi connectivity index (χ0v) is 12.1. The van der Waals surface area contributed by atoms with Crippen LogP contribution in [0.5, 0.6) is 0 Å². The molecule has 1 unspecified atom stereocenters. The number of aromatic nitrogens is 1. The van der Waals surface area contributed by atoms with E-state index < -0.39 is 0 Å². The molecule has 1 saturated heterocycles. The number of aliphatic hydroxyl groups is 1. The molecule has 5 heteroatoms. The summed E-state index contributed by atoms with van der Waals surface area (Å²) in [7, 11) is 2.08. The number of fused-ring (bicyclic) bond motifs is 1. The maximum Gasteiger partial charge on any atom is 0.270 e. The van der Waals surface area contributed by atoms with Crippen LogP contribution in [0.2, 0.25) is 0 Å². The SMILES string of the molecule is CN1CCN(C(=O)c2cc3c([nH]2)C(CO)CCC3)CC1. The normalized spacial score (nSPS) is 23.7. The molecule has 3 rings (SSSR count). The van der Waals surface area contributed by atoms with Crippen LogP contribution < -0.4 is 0 Å². The Morgan fingerprint density at radius 1 is 1.40 bits per heavy atom. The predicted molar refractivity (Wildman–Crippen MR) is 77.0 cm³/mol. The molecule has 1 fully saturated rings. The number of H-pyrrole nitrogens is 1. The van der Waals surface area contributed by atoms with E-state index in [1.165, 1.54) is 5.56 Å². The smallest absolute Gasteiger partial charge is 0.270 e. The second-order valence-electron chi connectivity index (χ2n) is 5.99. The number of nitrogens with one attached hydrogen (secondary N) is 1. The third-order valence-corrected chi connectivity index (χ3v) is 4.58. The summed E-state index contributed by atoms with van der Waals surface area (Å²) in [5.41, 5.74) is 2.99. The Morgan fingerprint density at radius 2 is 2.15 bits per heavy atom. The van der Waals surface area contributed by atoms with Crippen LogP contribution >= 0.6 is 0 Å². The van der Waals surface area contributed by atoms with Gasteiger partial charge in [-0.25, -0.2) is 0 Å². The lowest BCUT2D eigenvalue weighted by Crippen LogP contribution is -2.47. The topological polar surface area (TPSA) is 59.6 Å². The molecule has 0 bridgehead atoms. The highest BCUT2D eigenvalue weighted by atomic mass is 16.3. The highest BCUT2D eigenvalue weighted by Gasteiger charge is 2.26. The molecular formula is C15H23N3O2.